The number of ether oxygens (including phenoxy) is 1. The minimum absolute atomic E-state index is 0.307. The van der Waals surface area contributed by atoms with Crippen molar-refractivity contribution in [3.05, 3.63) is 48.0 Å². The monoisotopic (exact) mass is 219 g/mol. The fourth-order valence-corrected chi connectivity index (χ4v) is 1.51. The van der Waals surface area contributed by atoms with Gasteiger partial charge in [0.25, 0.3) is 0 Å². The lowest BCUT2D eigenvalue weighted by molar-refractivity contribution is 0.0596. The van der Waals surface area contributed by atoms with Crippen molar-refractivity contribution in [1.82, 2.24) is 4.98 Å². The summed E-state index contributed by atoms with van der Waals surface area (Å²) in [7, 11) is 1.32. The van der Waals surface area contributed by atoms with Gasteiger partial charge in [-0.2, -0.15) is 0 Å². The summed E-state index contributed by atoms with van der Waals surface area (Å²) in [5.74, 6) is -0.747. The van der Waals surface area contributed by atoms with Crippen molar-refractivity contribution in [3.8, 4) is 11.1 Å². The van der Waals surface area contributed by atoms with E-state index in [0.717, 1.165) is 5.56 Å². The number of esters is 1. The van der Waals surface area contributed by atoms with Gasteiger partial charge in [-0.3, -0.25) is 0 Å². The highest BCUT2D eigenvalue weighted by Gasteiger charge is 2.13. The van der Waals surface area contributed by atoms with Crippen LogP contribution in [-0.4, -0.2) is 18.1 Å². The topological polar surface area (TPSA) is 42.1 Å². The summed E-state index contributed by atoms with van der Waals surface area (Å²) < 4.78 is 17.4. The molecule has 0 aliphatic heterocycles. The SMILES string of the molecule is COC(=O)c1[nH]ccc1-c1ccc(F)cc1. The number of rotatable bonds is 2. The Bertz CT molecular complexity index is 502. The van der Waals surface area contributed by atoms with Gasteiger partial charge in [-0.1, -0.05) is 12.1 Å². The molecule has 0 atom stereocenters. The molecule has 0 amide bonds. The second kappa shape index (κ2) is 4.18. The Morgan fingerprint density at radius 2 is 1.94 bits per heavy atom. The predicted molar refractivity (Wildman–Crippen MR) is 57.5 cm³/mol. The summed E-state index contributed by atoms with van der Waals surface area (Å²) >= 11 is 0. The van der Waals surface area contributed by atoms with E-state index in [1.54, 1.807) is 24.4 Å². The molecule has 0 radical (unpaired) electrons. The van der Waals surface area contributed by atoms with E-state index in [2.05, 4.69) is 9.72 Å². The summed E-state index contributed by atoms with van der Waals surface area (Å²) in [6.45, 7) is 0. The zero-order valence-electron chi connectivity index (χ0n) is 8.66. The molecule has 0 aliphatic rings. The van der Waals surface area contributed by atoms with Gasteiger partial charge in [-0.05, 0) is 23.8 Å². The van der Waals surface area contributed by atoms with Gasteiger partial charge in [0.15, 0.2) is 0 Å². The second-order valence-corrected chi connectivity index (χ2v) is 3.26. The maximum Gasteiger partial charge on any atom is 0.355 e. The Hall–Kier alpha value is -2.10. The first-order valence-corrected chi connectivity index (χ1v) is 4.74. The van der Waals surface area contributed by atoms with E-state index in [-0.39, 0.29) is 5.82 Å². The second-order valence-electron chi connectivity index (χ2n) is 3.26. The van der Waals surface area contributed by atoms with Gasteiger partial charge >= 0.3 is 5.97 Å². The Morgan fingerprint density at radius 1 is 1.25 bits per heavy atom. The molecule has 16 heavy (non-hydrogen) atoms. The van der Waals surface area contributed by atoms with Gasteiger partial charge in [0.2, 0.25) is 0 Å². The Kier molecular flexibility index (Phi) is 2.72. The minimum Gasteiger partial charge on any atom is -0.464 e. The number of hydrogen-bond acceptors (Lipinski definition) is 2. The number of carbonyl (C=O) groups is 1. The predicted octanol–water partition coefficient (Wildman–Crippen LogP) is 2.61. The fraction of sp³-hybridized carbons (Fsp3) is 0.0833. The van der Waals surface area contributed by atoms with Crippen LogP contribution >= 0.6 is 0 Å². The number of methoxy groups -OCH3 is 1. The molecule has 82 valence electrons. The third kappa shape index (κ3) is 1.82. The minimum atomic E-state index is -0.440. The number of halogens is 1. The van der Waals surface area contributed by atoms with Crippen molar-refractivity contribution in [2.24, 2.45) is 0 Å². The normalized spacial score (nSPS) is 10.1. The number of H-pyrrole nitrogens is 1. The number of hydrogen-bond donors (Lipinski definition) is 1. The van der Waals surface area contributed by atoms with Crippen molar-refractivity contribution in [2.45, 2.75) is 0 Å². The van der Waals surface area contributed by atoms with E-state index in [4.69, 9.17) is 0 Å². The fourth-order valence-electron chi connectivity index (χ4n) is 1.51. The first-order chi connectivity index (χ1) is 7.72. The van der Waals surface area contributed by atoms with Gasteiger partial charge in [0.05, 0.1) is 7.11 Å². The first-order valence-electron chi connectivity index (χ1n) is 4.74. The highest BCUT2D eigenvalue weighted by Crippen LogP contribution is 2.23. The van der Waals surface area contributed by atoms with E-state index in [1.807, 2.05) is 0 Å². The van der Waals surface area contributed by atoms with Crippen LogP contribution in [0.3, 0.4) is 0 Å². The van der Waals surface area contributed by atoms with Gasteiger partial charge in [0, 0.05) is 11.8 Å². The summed E-state index contributed by atoms with van der Waals surface area (Å²) in [6.07, 6.45) is 1.64. The molecule has 4 heteroatoms. The van der Waals surface area contributed by atoms with E-state index in [9.17, 15) is 9.18 Å². The van der Waals surface area contributed by atoms with Crippen LogP contribution in [0, 0.1) is 5.82 Å². The van der Waals surface area contributed by atoms with Crippen molar-refractivity contribution in [2.75, 3.05) is 7.11 Å². The molecule has 0 saturated carbocycles. The standard InChI is InChI=1S/C12H10FNO2/c1-16-12(15)11-10(6-7-14-11)8-2-4-9(13)5-3-8/h2-7,14H,1H3. The highest BCUT2D eigenvalue weighted by molar-refractivity contribution is 5.95. The molecule has 0 bridgehead atoms. The van der Waals surface area contributed by atoms with Gasteiger partial charge in [0.1, 0.15) is 11.5 Å². The molecule has 0 fully saturated rings. The third-order valence-corrected chi connectivity index (χ3v) is 2.29. The summed E-state index contributed by atoms with van der Waals surface area (Å²) in [4.78, 5) is 14.2. The summed E-state index contributed by atoms with van der Waals surface area (Å²) in [6, 6.07) is 7.68. The molecular weight excluding hydrogens is 209 g/mol. The first kappa shape index (κ1) is 10.4. The number of benzene rings is 1. The quantitative estimate of drug-likeness (QED) is 0.789. The van der Waals surface area contributed by atoms with Gasteiger partial charge in [-0.15, -0.1) is 0 Å². The van der Waals surface area contributed by atoms with E-state index in [0.29, 0.717) is 11.3 Å². The lowest BCUT2D eigenvalue weighted by atomic mass is 10.1. The summed E-state index contributed by atoms with van der Waals surface area (Å²) in [5, 5.41) is 0. The smallest absolute Gasteiger partial charge is 0.355 e. The van der Waals surface area contributed by atoms with Gasteiger partial charge < -0.3 is 9.72 Å². The number of aromatic nitrogens is 1. The van der Waals surface area contributed by atoms with Crippen LogP contribution in [0.15, 0.2) is 36.5 Å². The van der Waals surface area contributed by atoms with Crippen LogP contribution in [0.4, 0.5) is 4.39 Å². The average Bonchev–Trinajstić information content (AvgIpc) is 2.78. The van der Waals surface area contributed by atoms with Crippen LogP contribution in [0.2, 0.25) is 0 Å². The molecule has 1 aromatic carbocycles. The van der Waals surface area contributed by atoms with Crippen LogP contribution in [-0.2, 0) is 4.74 Å². The largest absolute Gasteiger partial charge is 0.464 e. The molecule has 0 spiro atoms. The molecule has 2 aromatic rings. The zero-order chi connectivity index (χ0) is 11.5. The van der Waals surface area contributed by atoms with E-state index in [1.165, 1.54) is 19.2 Å². The van der Waals surface area contributed by atoms with Crippen molar-refractivity contribution in [1.29, 1.82) is 0 Å². The molecule has 3 nitrogen and oxygen atoms in total. The number of aromatic amines is 1. The number of carbonyl (C=O) groups excluding carboxylic acids is 1. The van der Waals surface area contributed by atoms with Crippen molar-refractivity contribution in [3.63, 3.8) is 0 Å². The van der Waals surface area contributed by atoms with E-state index < -0.39 is 5.97 Å². The molecule has 0 aliphatic carbocycles. The van der Waals surface area contributed by atoms with Crippen LogP contribution in [0.5, 0.6) is 0 Å². The Morgan fingerprint density at radius 3 is 2.56 bits per heavy atom. The maximum atomic E-state index is 12.8. The number of nitrogens with one attached hydrogen (secondary N) is 1. The molecular formula is C12H10FNO2. The lowest BCUT2D eigenvalue weighted by Crippen LogP contribution is -2.03. The molecule has 1 heterocycles. The average molecular weight is 219 g/mol. The Balaban J connectivity index is 2.44. The molecule has 1 N–H and O–H groups in total. The van der Waals surface area contributed by atoms with Crippen molar-refractivity contribution >= 4 is 5.97 Å². The zero-order valence-corrected chi connectivity index (χ0v) is 8.66. The highest BCUT2D eigenvalue weighted by atomic mass is 19.1. The maximum absolute atomic E-state index is 12.8. The third-order valence-electron chi connectivity index (χ3n) is 2.29. The Labute approximate surface area is 91.9 Å². The van der Waals surface area contributed by atoms with Crippen LogP contribution in [0.1, 0.15) is 10.5 Å². The van der Waals surface area contributed by atoms with Crippen molar-refractivity contribution < 1.29 is 13.9 Å². The molecule has 1 aromatic heterocycles. The van der Waals surface area contributed by atoms with Gasteiger partial charge in [-0.25, -0.2) is 9.18 Å². The van der Waals surface area contributed by atoms with E-state index >= 15 is 0 Å². The van der Waals surface area contributed by atoms with Crippen LogP contribution in [0.25, 0.3) is 11.1 Å². The molecule has 2 rings (SSSR count). The lowest BCUT2D eigenvalue weighted by Gasteiger charge is -2.02. The van der Waals surface area contributed by atoms with Crippen LogP contribution < -0.4 is 0 Å². The molecule has 0 saturated heterocycles. The summed E-state index contributed by atoms with van der Waals surface area (Å²) in [5.41, 5.74) is 1.84. The molecule has 0 unspecified atom stereocenters.